The first-order valence-electron chi connectivity index (χ1n) is 7.99. The van der Waals surface area contributed by atoms with Gasteiger partial charge in [-0.15, -0.1) is 10.2 Å². The van der Waals surface area contributed by atoms with Crippen LogP contribution in [0, 0.1) is 0 Å². The number of rotatable bonds is 7. The van der Waals surface area contributed by atoms with Crippen molar-refractivity contribution in [2.75, 3.05) is 23.4 Å². The lowest BCUT2D eigenvalue weighted by Gasteiger charge is -2.29. The number of nitrogens with zero attached hydrogens (tertiary/aromatic N) is 3. The van der Waals surface area contributed by atoms with Crippen LogP contribution in [0.1, 0.15) is 34.1 Å². The molecular weight excluding hydrogens is 368 g/mol. The maximum atomic E-state index is 12.7. The van der Waals surface area contributed by atoms with Gasteiger partial charge in [0.1, 0.15) is 0 Å². The Hall–Kier alpha value is -0.870. The van der Waals surface area contributed by atoms with Crippen molar-refractivity contribution >= 4 is 44.0 Å². The van der Waals surface area contributed by atoms with E-state index >= 15 is 0 Å². The number of hydrogen-bond acceptors (Lipinski definition) is 8. The molecule has 0 aliphatic carbocycles. The van der Waals surface area contributed by atoms with E-state index < -0.39 is 9.84 Å². The molecule has 1 amide bonds. The van der Waals surface area contributed by atoms with Crippen molar-refractivity contribution in [3.05, 3.63) is 0 Å². The third kappa shape index (κ3) is 5.06. The van der Waals surface area contributed by atoms with Gasteiger partial charge >= 0.3 is 0 Å². The van der Waals surface area contributed by atoms with Crippen molar-refractivity contribution in [1.29, 1.82) is 0 Å². The Kier molecular flexibility index (Phi) is 6.49. The average molecular weight is 393 g/mol. The van der Waals surface area contributed by atoms with E-state index in [1.807, 2.05) is 27.7 Å². The average Bonchev–Trinajstić information content (AvgIpc) is 3.05. The van der Waals surface area contributed by atoms with E-state index in [1.54, 1.807) is 4.90 Å². The fraction of sp³-hybridized carbons (Fsp3) is 0.786. The Bertz CT molecular complexity index is 675. The Morgan fingerprint density at radius 1 is 1.42 bits per heavy atom. The van der Waals surface area contributed by atoms with Crippen LogP contribution in [0.25, 0.3) is 0 Å². The van der Waals surface area contributed by atoms with E-state index in [9.17, 15) is 13.2 Å². The van der Waals surface area contributed by atoms with Gasteiger partial charge in [-0.2, -0.15) is 0 Å². The highest BCUT2D eigenvalue weighted by molar-refractivity contribution is 8.02. The minimum absolute atomic E-state index is 0.0434. The third-order valence-electron chi connectivity index (χ3n) is 3.72. The first-order valence-corrected chi connectivity index (χ1v) is 11.5. The maximum Gasteiger partial charge on any atom is 0.236 e. The van der Waals surface area contributed by atoms with Crippen LogP contribution in [0.2, 0.25) is 0 Å². The van der Waals surface area contributed by atoms with Gasteiger partial charge in [-0.05, 0) is 34.1 Å². The summed E-state index contributed by atoms with van der Waals surface area (Å²) in [5.41, 5.74) is 0. The number of hydrogen-bond donors (Lipinski definition) is 1. The van der Waals surface area contributed by atoms with Gasteiger partial charge in [0.25, 0.3) is 0 Å². The molecule has 136 valence electrons. The number of carbonyl (C=O) groups excluding carboxylic acids is 1. The molecule has 24 heavy (non-hydrogen) atoms. The van der Waals surface area contributed by atoms with E-state index in [-0.39, 0.29) is 34.7 Å². The SMILES string of the molecule is CCN(C(=O)[C@@H](C)Sc1nnc(NC(C)C)s1)[C@H]1CCS(=O)(=O)C1. The zero-order valence-electron chi connectivity index (χ0n) is 14.4. The highest BCUT2D eigenvalue weighted by Gasteiger charge is 2.35. The lowest BCUT2D eigenvalue weighted by Crippen LogP contribution is -2.44. The van der Waals surface area contributed by atoms with Gasteiger partial charge in [-0.25, -0.2) is 8.42 Å². The fourth-order valence-electron chi connectivity index (χ4n) is 2.61. The van der Waals surface area contributed by atoms with Crippen molar-refractivity contribution in [1.82, 2.24) is 15.1 Å². The summed E-state index contributed by atoms with van der Waals surface area (Å²) in [4.78, 5) is 14.4. The number of thioether (sulfide) groups is 1. The van der Waals surface area contributed by atoms with Crippen molar-refractivity contribution in [2.45, 2.75) is 55.8 Å². The lowest BCUT2D eigenvalue weighted by molar-refractivity contribution is -0.131. The minimum Gasteiger partial charge on any atom is -0.358 e. The second-order valence-electron chi connectivity index (χ2n) is 6.11. The fourth-order valence-corrected chi connectivity index (χ4v) is 6.46. The molecule has 2 rings (SSSR count). The molecule has 2 atom stereocenters. The standard InChI is InChI=1S/C14H24N4O3S3/c1-5-18(11-6-7-24(20,21)8-11)12(19)10(4)22-14-17-16-13(23-14)15-9(2)3/h9-11H,5-8H2,1-4H3,(H,15,16)/t10-,11+/m1/s1. The predicted octanol–water partition coefficient (Wildman–Crippen LogP) is 1.87. The highest BCUT2D eigenvalue weighted by atomic mass is 32.2. The van der Waals surface area contributed by atoms with Crippen molar-refractivity contribution in [3.8, 4) is 0 Å². The molecule has 0 saturated carbocycles. The molecular formula is C14H24N4O3S3. The topological polar surface area (TPSA) is 92.3 Å². The largest absolute Gasteiger partial charge is 0.358 e. The Labute approximate surface area is 151 Å². The van der Waals surface area contributed by atoms with E-state index in [0.717, 1.165) is 9.47 Å². The minimum atomic E-state index is -3.01. The van der Waals surface area contributed by atoms with Gasteiger partial charge in [0.15, 0.2) is 14.2 Å². The number of sulfone groups is 1. The summed E-state index contributed by atoms with van der Waals surface area (Å²) in [5, 5.41) is 11.8. The highest BCUT2D eigenvalue weighted by Crippen LogP contribution is 2.31. The summed E-state index contributed by atoms with van der Waals surface area (Å²) in [6, 6.07) is 0.0675. The Morgan fingerprint density at radius 3 is 2.67 bits per heavy atom. The van der Waals surface area contributed by atoms with Gasteiger partial charge in [0.05, 0.1) is 16.8 Å². The molecule has 0 radical (unpaired) electrons. The zero-order chi connectivity index (χ0) is 17.9. The molecule has 2 heterocycles. The van der Waals surface area contributed by atoms with Crippen LogP contribution in [-0.2, 0) is 14.6 Å². The summed E-state index contributed by atoms with van der Waals surface area (Å²) >= 11 is 2.79. The number of nitrogens with one attached hydrogen (secondary N) is 1. The van der Waals surface area contributed by atoms with Crippen LogP contribution in [0.3, 0.4) is 0 Å². The number of anilines is 1. The molecule has 1 N–H and O–H groups in total. The van der Waals surface area contributed by atoms with Crippen LogP contribution >= 0.6 is 23.1 Å². The smallest absolute Gasteiger partial charge is 0.236 e. The Balaban J connectivity index is 1.98. The zero-order valence-corrected chi connectivity index (χ0v) is 16.8. The molecule has 1 aromatic heterocycles. The molecule has 0 unspecified atom stereocenters. The van der Waals surface area contributed by atoms with Crippen LogP contribution in [0.4, 0.5) is 5.13 Å². The monoisotopic (exact) mass is 392 g/mol. The number of amides is 1. The second-order valence-corrected chi connectivity index (χ2v) is 10.9. The number of carbonyl (C=O) groups is 1. The normalized spacial score (nSPS) is 21.0. The van der Waals surface area contributed by atoms with Crippen molar-refractivity contribution < 1.29 is 13.2 Å². The van der Waals surface area contributed by atoms with Gasteiger partial charge in [0, 0.05) is 18.6 Å². The summed E-state index contributed by atoms with van der Waals surface area (Å²) in [5.74, 6) is 0.202. The Morgan fingerprint density at radius 2 is 2.12 bits per heavy atom. The lowest BCUT2D eigenvalue weighted by atomic mass is 10.2. The molecule has 10 heteroatoms. The molecule has 0 bridgehead atoms. The molecule has 1 aliphatic heterocycles. The molecule has 1 aromatic rings. The third-order valence-corrected chi connectivity index (χ3v) is 7.49. The van der Waals surface area contributed by atoms with Crippen LogP contribution < -0.4 is 5.32 Å². The summed E-state index contributed by atoms with van der Waals surface area (Å²) in [6.07, 6.45) is 0.528. The van der Waals surface area contributed by atoms with E-state index in [0.29, 0.717) is 13.0 Å². The van der Waals surface area contributed by atoms with Gasteiger partial charge < -0.3 is 10.2 Å². The molecule has 0 spiro atoms. The maximum absolute atomic E-state index is 12.7. The van der Waals surface area contributed by atoms with Crippen LogP contribution in [0.5, 0.6) is 0 Å². The summed E-state index contributed by atoms with van der Waals surface area (Å²) < 4.78 is 24.1. The molecule has 0 aromatic carbocycles. The van der Waals surface area contributed by atoms with Gasteiger partial charge in [-0.3, -0.25) is 4.79 Å². The number of aromatic nitrogens is 2. The molecule has 1 aliphatic rings. The first kappa shape index (κ1) is 19.5. The second kappa shape index (κ2) is 8.01. The van der Waals surface area contributed by atoms with Crippen molar-refractivity contribution in [3.63, 3.8) is 0 Å². The van der Waals surface area contributed by atoms with Crippen molar-refractivity contribution in [2.24, 2.45) is 0 Å². The van der Waals surface area contributed by atoms with Gasteiger partial charge in [-0.1, -0.05) is 23.1 Å². The summed E-state index contributed by atoms with van der Waals surface area (Å²) in [7, 11) is -3.01. The quantitative estimate of drug-likeness (QED) is 0.708. The van der Waals surface area contributed by atoms with Gasteiger partial charge in [0.2, 0.25) is 11.0 Å². The summed E-state index contributed by atoms with van der Waals surface area (Å²) in [6.45, 7) is 8.27. The molecule has 1 fully saturated rings. The molecule has 7 nitrogen and oxygen atoms in total. The van der Waals surface area contributed by atoms with E-state index in [1.165, 1.54) is 23.1 Å². The van der Waals surface area contributed by atoms with Crippen LogP contribution in [0.15, 0.2) is 4.34 Å². The van der Waals surface area contributed by atoms with Crippen LogP contribution in [-0.4, -0.2) is 64.8 Å². The predicted molar refractivity (Wildman–Crippen MR) is 98.4 cm³/mol. The molecule has 1 saturated heterocycles. The first-order chi connectivity index (χ1) is 11.2. The van der Waals surface area contributed by atoms with E-state index in [2.05, 4.69) is 15.5 Å². The van der Waals surface area contributed by atoms with E-state index in [4.69, 9.17) is 0 Å².